The molecular weight excluding hydrogens is 252 g/mol. The zero-order valence-electron chi connectivity index (χ0n) is 11.2. The number of nitrogens with zero attached hydrogens (tertiary/aromatic N) is 3. The Bertz CT molecular complexity index is 513. The van der Waals surface area contributed by atoms with E-state index in [0.29, 0.717) is 18.8 Å². The van der Waals surface area contributed by atoms with E-state index in [0.717, 1.165) is 0 Å². The number of aryl methyl sites for hydroxylation is 1. The third-order valence-corrected chi connectivity index (χ3v) is 5.67. The lowest BCUT2D eigenvalue weighted by Crippen LogP contribution is -2.56. The van der Waals surface area contributed by atoms with Gasteiger partial charge in [0.25, 0.3) is 0 Å². The number of piperazine rings is 1. The van der Waals surface area contributed by atoms with Crippen molar-refractivity contribution in [2.75, 3.05) is 20.1 Å². The van der Waals surface area contributed by atoms with Crippen molar-refractivity contribution in [3.05, 3.63) is 11.9 Å². The van der Waals surface area contributed by atoms with Crippen molar-refractivity contribution in [2.45, 2.75) is 37.8 Å². The molecule has 1 saturated heterocycles. The molecule has 102 valence electrons. The number of hydrogen-bond donors (Lipinski definition) is 1. The summed E-state index contributed by atoms with van der Waals surface area (Å²) in [5.74, 6) is 0. The van der Waals surface area contributed by atoms with E-state index in [4.69, 9.17) is 0 Å². The Labute approximate surface area is 108 Å². The molecule has 1 aromatic heterocycles. The minimum absolute atomic E-state index is 0.218. The summed E-state index contributed by atoms with van der Waals surface area (Å²) in [4.78, 5) is 2.49. The van der Waals surface area contributed by atoms with Gasteiger partial charge in [0.2, 0.25) is 10.0 Å². The molecule has 0 spiro atoms. The number of H-pyrrole nitrogens is 1. The molecule has 6 nitrogen and oxygen atoms in total. The van der Waals surface area contributed by atoms with Crippen molar-refractivity contribution < 1.29 is 8.42 Å². The second kappa shape index (κ2) is 4.64. The van der Waals surface area contributed by atoms with Crippen molar-refractivity contribution in [3.63, 3.8) is 0 Å². The van der Waals surface area contributed by atoms with Crippen LogP contribution in [0.15, 0.2) is 11.1 Å². The van der Waals surface area contributed by atoms with Crippen LogP contribution in [-0.2, 0) is 10.0 Å². The van der Waals surface area contributed by atoms with E-state index in [2.05, 4.69) is 15.1 Å². The molecule has 0 bridgehead atoms. The molecule has 1 fully saturated rings. The van der Waals surface area contributed by atoms with Crippen LogP contribution >= 0.6 is 0 Å². The first-order chi connectivity index (χ1) is 8.34. The molecule has 1 N–H and O–H groups in total. The average molecular weight is 272 g/mol. The molecule has 0 aromatic carbocycles. The van der Waals surface area contributed by atoms with Gasteiger partial charge in [-0.25, -0.2) is 8.42 Å². The zero-order valence-corrected chi connectivity index (χ0v) is 12.0. The molecule has 2 rings (SSSR count). The molecule has 0 amide bonds. The van der Waals surface area contributed by atoms with Gasteiger partial charge in [0, 0.05) is 25.2 Å². The summed E-state index contributed by atoms with van der Waals surface area (Å²) in [6.07, 6.45) is 1.39. The summed E-state index contributed by atoms with van der Waals surface area (Å²) in [7, 11) is -1.40. The quantitative estimate of drug-likeness (QED) is 0.847. The Kier molecular flexibility index (Phi) is 3.48. The van der Waals surface area contributed by atoms with Gasteiger partial charge in [-0.15, -0.1) is 0 Å². The van der Waals surface area contributed by atoms with Crippen molar-refractivity contribution >= 4 is 10.0 Å². The average Bonchev–Trinajstić information content (AvgIpc) is 2.72. The highest BCUT2D eigenvalue weighted by molar-refractivity contribution is 7.89. The fraction of sp³-hybridized carbons (Fsp3) is 0.727. The van der Waals surface area contributed by atoms with Crippen LogP contribution in [0.1, 0.15) is 19.5 Å². The van der Waals surface area contributed by atoms with Crippen molar-refractivity contribution in [1.29, 1.82) is 0 Å². The van der Waals surface area contributed by atoms with Crippen LogP contribution in [-0.4, -0.2) is 60.0 Å². The number of nitrogens with one attached hydrogen (secondary N) is 1. The third kappa shape index (κ3) is 2.17. The summed E-state index contributed by atoms with van der Waals surface area (Å²) in [5, 5.41) is 6.47. The van der Waals surface area contributed by atoms with Crippen LogP contribution in [0.3, 0.4) is 0 Å². The predicted octanol–water partition coefficient (Wildman–Crippen LogP) is 0.431. The zero-order chi connectivity index (χ0) is 13.5. The van der Waals surface area contributed by atoms with Crippen molar-refractivity contribution in [1.82, 2.24) is 19.4 Å². The molecular formula is C11H20N4O2S. The van der Waals surface area contributed by atoms with E-state index in [1.807, 2.05) is 20.9 Å². The summed E-state index contributed by atoms with van der Waals surface area (Å²) < 4.78 is 26.6. The van der Waals surface area contributed by atoms with Gasteiger partial charge in [-0.1, -0.05) is 0 Å². The van der Waals surface area contributed by atoms with Gasteiger partial charge in [0.1, 0.15) is 4.90 Å². The first kappa shape index (κ1) is 13.5. The SMILES string of the molecule is Cc1[nH]ncc1S(=O)(=O)N1CC(C)N(C)C(C)C1. The summed E-state index contributed by atoms with van der Waals surface area (Å²) >= 11 is 0. The van der Waals surface area contributed by atoms with Gasteiger partial charge in [-0.05, 0) is 27.8 Å². The maximum atomic E-state index is 12.5. The van der Waals surface area contributed by atoms with Crippen LogP contribution in [0.25, 0.3) is 0 Å². The number of likely N-dealkylation sites (N-methyl/N-ethyl adjacent to an activating group) is 1. The maximum Gasteiger partial charge on any atom is 0.246 e. The smallest absolute Gasteiger partial charge is 0.246 e. The van der Waals surface area contributed by atoms with Crippen LogP contribution in [0, 0.1) is 6.92 Å². The normalized spacial score (nSPS) is 27.6. The molecule has 18 heavy (non-hydrogen) atoms. The second-order valence-corrected chi connectivity index (χ2v) is 6.95. The van der Waals surface area contributed by atoms with Crippen LogP contribution in [0.5, 0.6) is 0 Å². The Balaban J connectivity index is 2.30. The standard InChI is InChI=1S/C11H20N4O2S/c1-8-6-15(7-9(2)14(8)4)18(16,17)11-5-12-13-10(11)3/h5,8-9H,6-7H2,1-4H3,(H,12,13). The summed E-state index contributed by atoms with van der Waals surface area (Å²) in [5.41, 5.74) is 0.592. The summed E-state index contributed by atoms with van der Waals surface area (Å²) in [6, 6.07) is 0.437. The van der Waals surface area contributed by atoms with Gasteiger partial charge in [0.05, 0.1) is 11.9 Å². The molecule has 0 aliphatic carbocycles. The minimum Gasteiger partial charge on any atom is -0.298 e. The van der Waals surface area contributed by atoms with Gasteiger partial charge < -0.3 is 0 Å². The number of sulfonamides is 1. The highest BCUT2D eigenvalue weighted by Gasteiger charge is 2.35. The third-order valence-electron chi connectivity index (χ3n) is 3.73. The van der Waals surface area contributed by atoms with E-state index in [-0.39, 0.29) is 17.0 Å². The monoisotopic (exact) mass is 272 g/mol. The number of hydrogen-bond acceptors (Lipinski definition) is 4. The van der Waals surface area contributed by atoms with E-state index in [9.17, 15) is 8.42 Å². The first-order valence-electron chi connectivity index (χ1n) is 6.06. The molecule has 2 unspecified atom stereocenters. The summed E-state index contributed by atoms with van der Waals surface area (Å²) in [6.45, 7) is 6.85. The lowest BCUT2D eigenvalue weighted by Gasteiger charge is -2.41. The molecule has 0 radical (unpaired) electrons. The van der Waals surface area contributed by atoms with E-state index in [1.54, 1.807) is 11.2 Å². The van der Waals surface area contributed by atoms with Crippen LogP contribution in [0.4, 0.5) is 0 Å². The fourth-order valence-corrected chi connectivity index (χ4v) is 4.01. The lowest BCUT2D eigenvalue weighted by molar-refractivity contribution is 0.105. The molecule has 2 heterocycles. The molecule has 0 saturated carbocycles. The van der Waals surface area contributed by atoms with Crippen LogP contribution < -0.4 is 0 Å². The number of aromatic nitrogens is 2. The number of aromatic amines is 1. The van der Waals surface area contributed by atoms with Gasteiger partial charge in [-0.3, -0.25) is 10.00 Å². The molecule has 1 aromatic rings. The van der Waals surface area contributed by atoms with Crippen LogP contribution in [0.2, 0.25) is 0 Å². The predicted molar refractivity (Wildman–Crippen MR) is 68.8 cm³/mol. The van der Waals surface area contributed by atoms with Gasteiger partial charge in [0.15, 0.2) is 0 Å². The van der Waals surface area contributed by atoms with Gasteiger partial charge in [-0.2, -0.15) is 9.40 Å². The molecule has 2 atom stereocenters. The van der Waals surface area contributed by atoms with Crippen molar-refractivity contribution in [3.8, 4) is 0 Å². The molecule has 7 heteroatoms. The minimum atomic E-state index is -3.43. The van der Waals surface area contributed by atoms with E-state index >= 15 is 0 Å². The first-order valence-corrected chi connectivity index (χ1v) is 7.50. The van der Waals surface area contributed by atoms with Crippen molar-refractivity contribution in [2.24, 2.45) is 0 Å². The highest BCUT2D eigenvalue weighted by atomic mass is 32.2. The highest BCUT2D eigenvalue weighted by Crippen LogP contribution is 2.22. The van der Waals surface area contributed by atoms with Gasteiger partial charge >= 0.3 is 0 Å². The number of rotatable bonds is 2. The van der Waals surface area contributed by atoms with E-state index in [1.165, 1.54) is 6.20 Å². The Morgan fingerprint density at radius 3 is 2.33 bits per heavy atom. The maximum absolute atomic E-state index is 12.5. The Hall–Kier alpha value is -0.920. The Morgan fingerprint density at radius 1 is 1.33 bits per heavy atom. The topological polar surface area (TPSA) is 69.3 Å². The fourth-order valence-electron chi connectivity index (χ4n) is 2.29. The molecule has 1 aliphatic rings. The largest absolute Gasteiger partial charge is 0.298 e. The lowest BCUT2D eigenvalue weighted by atomic mass is 10.1. The van der Waals surface area contributed by atoms with E-state index < -0.39 is 10.0 Å². The molecule has 1 aliphatic heterocycles. The Morgan fingerprint density at radius 2 is 1.89 bits per heavy atom. The second-order valence-electron chi connectivity index (χ2n) is 5.04.